The van der Waals surface area contributed by atoms with Gasteiger partial charge in [-0.3, -0.25) is 9.78 Å². The number of amides is 1. The first-order valence-corrected chi connectivity index (χ1v) is 6.51. The van der Waals surface area contributed by atoms with Gasteiger partial charge in [0.05, 0.1) is 17.4 Å². The highest BCUT2D eigenvalue weighted by Crippen LogP contribution is 2.11. The number of aromatic nitrogens is 1. The van der Waals surface area contributed by atoms with Gasteiger partial charge >= 0.3 is 0 Å². The van der Waals surface area contributed by atoms with Gasteiger partial charge in [0.15, 0.2) is 0 Å². The van der Waals surface area contributed by atoms with Crippen LogP contribution in [0.3, 0.4) is 0 Å². The molecule has 3 N–H and O–H groups in total. The molecule has 0 bridgehead atoms. The van der Waals surface area contributed by atoms with Crippen LogP contribution in [0.4, 0.5) is 5.69 Å². The van der Waals surface area contributed by atoms with Gasteiger partial charge in [-0.15, -0.1) is 0 Å². The topological polar surface area (TPSA) is 68.0 Å². The monoisotopic (exact) mass is 249 g/mol. The number of nitrogens with one attached hydrogen (secondary N) is 1. The second-order valence-electron chi connectivity index (χ2n) is 5.16. The SMILES string of the molecule is CC(C)CCCC(C)NC(=O)c1ccncc1N. The molecule has 0 aliphatic heterocycles. The van der Waals surface area contributed by atoms with E-state index in [0.717, 1.165) is 12.8 Å². The molecule has 0 spiro atoms. The lowest BCUT2D eigenvalue weighted by Gasteiger charge is -2.15. The molecular weight excluding hydrogens is 226 g/mol. The first kappa shape index (κ1) is 14.5. The number of anilines is 1. The summed E-state index contributed by atoms with van der Waals surface area (Å²) in [5, 5.41) is 2.96. The summed E-state index contributed by atoms with van der Waals surface area (Å²) < 4.78 is 0. The Morgan fingerprint density at radius 2 is 2.11 bits per heavy atom. The third kappa shape index (κ3) is 4.73. The fourth-order valence-corrected chi connectivity index (χ4v) is 1.82. The Morgan fingerprint density at radius 1 is 1.39 bits per heavy atom. The number of hydrogen-bond acceptors (Lipinski definition) is 3. The summed E-state index contributed by atoms with van der Waals surface area (Å²) in [5.74, 6) is 0.593. The molecule has 1 amide bonds. The van der Waals surface area contributed by atoms with Crippen molar-refractivity contribution in [2.45, 2.75) is 46.1 Å². The van der Waals surface area contributed by atoms with Crippen LogP contribution in [0.25, 0.3) is 0 Å². The average Bonchev–Trinajstić information content (AvgIpc) is 2.28. The second-order valence-corrected chi connectivity index (χ2v) is 5.16. The van der Waals surface area contributed by atoms with Crippen molar-refractivity contribution in [1.29, 1.82) is 0 Å². The zero-order chi connectivity index (χ0) is 13.5. The third-order valence-corrected chi connectivity index (χ3v) is 2.89. The highest BCUT2D eigenvalue weighted by Gasteiger charge is 2.12. The number of carbonyl (C=O) groups is 1. The van der Waals surface area contributed by atoms with E-state index in [1.54, 1.807) is 12.3 Å². The molecule has 0 saturated carbocycles. The molecule has 1 atom stereocenters. The van der Waals surface area contributed by atoms with E-state index in [2.05, 4.69) is 24.1 Å². The van der Waals surface area contributed by atoms with Gasteiger partial charge in [0.1, 0.15) is 0 Å². The Kier molecular flexibility index (Phi) is 5.62. The van der Waals surface area contributed by atoms with Crippen molar-refractivity contribution in [1.82, 2.24) is 10.3 Å². The zero-order valence-corrected chi connectivity index (χ0v) is 11.4. The molecule has 1 aromatic rings. The van der Waals surface area contributed by atoms with Crippen LogP contribution >= 0.6 is 0 Å². The lowest BCUT2D eigenvalue weighted by atomic mass is 10.0. The van der Waals surface area contributed by atoms with E-state index >= 15 is 0 Å². The van der Waals surface area contributed by atoms with E-state index < -0.39 is 0 Å². The Morgan fingerprint density at radius 3 is 2.72 bits per heavy atom. The van der Waals surface area contributed by atoms with Gasteiger partial charge in [0.2, 0.25) is 0 Å². The van der Waals surface area contributed by atoms with Crippen molar-refractivity contribution < 1.29 is 4.79 Å². The van der Waals surface area contributed by atoms with Crippen LogP contribution in [0.1, 0.15) is 50.4 Å². The largest absolute Gasteiger partial charge is 0.397 e. The van der Waals surface area contributed by atoms with E-state index in [4.69, 9.17) is 5.73 Å². The smallest absolute Gasteiger partial charge is 0.253 e. The summed E-state index contributed by atoms with van der Waals surface area (Å²) in [4.78, 5) is 15.8. The standard InChI is InChI=1S/C14H23N3O/c1-10(2)5-4-6-11(3)17-14(18)12-7-8-16-9-13(12)15/h7-11H,4-6,15H2,1-3H3,(H,17,18). The minimum Gasteiger partial charge on any atom is -0.397 e. The summed E-state index contributed by atoms with van der Waals surface area (Å²) in [5.41, 5.74) is 6.64. The van der Waals surface area contributed by atoms with Crippen LogP contribution in [0.2, 0.25) is 0 Å². The van der Waals surface area contributed by atoms with E-state index in [-0.39, 0.29) is 11.9 Å². The fourth-order valence-electron chi connectivity index (χ4n) is 1.82. The van der Waals surface area contributed by atoms with Crippen LogP contribution in [0.5, 0.6) is 0 Å². The molecule has 1 rings (SSSR count). The molecule has 100 valence electrons. The van der Waals surface area contributed by atoms with Crippen molar-refractivity contribution >= 4 is 11.6 Å². The van der Waals surface area contributed by atoms with Crippen molar-refractivity contribution in [2.24, 2.45) is 5.92 Å². The summed E-state index contributed by atoms with van der Waals surface area (Å²) in [6.45, 7) is 6.44. The number of hydrogen-bond donors (Lipinski definition) is 2. The number of nitrogen functional groups attached to an aromatic ring is 1. The molecule has 4 heteroatoms. The van der Waals surface area contributed by atoms with Crippen molar-refractivity contribution in [3.8, 4) is 0 Å². The van der Waals surface area contributed by atoms with Crippen LogP contribution in [0.15, 0.2) is 18.5 Å². The fraction of sp³-hybridized carbons (Fsp3) is 0.571. The third-order valence-electron chi connectivity index (χ3n) is 2.89. The summed E-state index contributed by atoms with van der Waals surface area (Å²) in [7, 11) is 0. The minimum absolute atomic E-state index is 0.119. The average molecular weight is 249 g/mol. The molecule has 0 aliphatic rings. The minimum atomic E-state index is -0.119. The molecule has 0 saturated heterocycles. The van der Waals surface area contributed by atoms with Gasteiger partial charge in [-0.1, -0.05) is 26.7 Å². The predicted molar refractivity (Wildman–Crippen MR) is 74.3 cm³/mol. The maximum atomic E-state index is 12.0. The maximum absolute atomic E-state index is 12.0. The van der Waals surface area contributed by atoms with Crippen LogP contribution in [-0.4, -0.2) is 16.9 Å². The highest BCUT2D eigenvalue weighted by molar-refractivity contribution is 5.98. The maximum Gasteiger partial charge on any atom is 0.253 e. The number of nitrogens with zero attached hydrogens (tertiary/aromatic N) is 1. The van der Waals surface area contributed by atoms with Crippen molar-refractivity contribution in [2.75, 3.05) is 5.73 Å². The van der Waals surface area contributed by atoms with E-state index in [0.29, 0.717) is 17.2 Å². The van der Waals surface area contributed by atoms with Gasteiger partial charge in [0.25, 0.3) is 5.91 Å². The van der Waals surface area contributed by atoms with Crippen molar-refractivity contribution in [3.05, 3.63) is 24.0 Å². The molecule has 0 fully saturated rings. The normalized spacial score (nSPS) is 12.4. The van der Waals surface area contributed by atoms with E-state index in [1.807, 2.05) is 6.92 Å². The molecule has 0 aliphatic carbocycles. The van der Waals surface area contributed by atoms with Gasteiger partial charge in [-0.25, -0.2) is 0 Å². The van der Waals surface area contributed by atoms with Gasteiger partial charge in [-0.05, 0) is 25.3 Å². The number of carbonyl (C=O) groups excluding carboxylic acids is 1. The quantitative estimate of drug-likeness (QED) is 0.814. The van der Waals surface area contributed by atoms with Gasteiger partial charge in [-0.2, -0.15) is 0 Å². The Labute approximate surface area is 109 Å². The Bertz CT molecular complexity index is 390. The summed E-state index contributed by atoms with van der Waals surface area (Å²) in [6, 6.07) is 1.81. The van der Waals surface area contributed by atoms with Gasteiger partial charge in [0, 0.05) is 12.2 Å². The number of rotatable bonds is 6. The molecular formula is C14H23N3O. The molecule has 4 nitrogen and oxygen atoms in total. The molecule has 1 heterocycles. The molecule has 1 aromatic heterocycles. The second kappa shape index (κ2) is 6.99. The first-order valence-electron chi connectivity index (χ1n) is 6.51. The van der Waals surface area contributed by atoms with Gasteiger partial charge < -0.3 is 11.1 Å². The molecule has 0 radical (unpaired) electrons. The van der Waals surface area contributed by atoms with Crippen LogP contribution in [-0.2, 0) is 0 Å². The molecule has 0 aromatic carbocycles. The lowest BCUT2D eigenvalue weighted by molar-refractivity contribution is 0.0938. The number of nitrogens with two attached hydrogens (primary N) is 1. The van der Waals surface area contributed by atoms with Crippen molar-refractivity contribution in [3.63, 3.8) is 0 Å². The summed E-state index contributed by atoms with van der Waals surface area (Å²) >= 11 is 0. The molecule has 1 unspecified atom stereocenters. The Balaban J connectivity index is 2.43. The van der Waals surface area contributed by atoms with Crippen LogP contribution < -0.4 is 11.1 Å². The predicted octanol–water partition coefficient (Wildman–Crippen LogP) is 2.61. The summed E-state index contributed by atoms with van der Waals surface area (Å²) in [6.07, 6.45) is 6.39. The lowest BCUT2D eigenvalue weighted by Crippen LogP contribution is -2.33. The first-order chi connectivity index (χ1) is 8.50. The van der Waals surface area contributed by atoms with E-state index in [1.165, 1.54) is 12.6 Å². The Hall–Kier alpha value is -1.58. The molecule has 18 heavy (non-hydrogen) atoms. The van der Waals surface area contributed by atoms with Crippen LogP contribution in [0, 0.1) is 5.92 Å². The van der Waals surface area contributed by atoms with E-state index in [9.17, 15) is 4.79 Å². The number of pyridine rings is 1. The zero-order valence-electron chi connectivity index (χ0n) is 11.4. The highest BCUT2D eigenvalue weighted by atomic mass is 16.1.